The summed E-state index contributed by atoms with van der Waals surface area (Å²) < 4.78 is 10.9. The van der Waals surface area contributed by atoms with Crippen molar-refractivity contribution in [3.63, 3.8) is 0 Å². The molecule has 0 bridgehead atoms. The van der Waals surface area contributed by atoms with Gasteiger partial charge in [0.2, 0.25) is 0 Å². The van der Waals surface area contributed by atoms with Gasteiger partial charge < -0.3 is 14.5 Å². The zero-order valence-corrected chi connectivity index (χ0v) is 12.6. The lowest BCUT2D eigenvalue weighted by molar-refractivity contribution is 0.389. The minimum atomic E-state index is 0.123. The zero-order chi connectivity index (χ0) is 14.4. The predicted molar refractivity (Wildman–Crippen MR) is 81.5 cm³/mol. The van der Waals surface area contributed by atoms with Gasteiger partial charge in [0.1, 0.15) is 11.5 Å². The molecular formula is C16H20ClNO2. The van der Waals surface area contributed by atoms with Crippen molar-refractivity contribution in [1.29, 1.82) is 0 Å². The van der Waals surface area contributed by atoms with E-state index in [1.54, 1.807) is 13.4 Å². The molecule has 0 aliphatic carbocycles. The van der Waals surface area contributed by atoms with Gasteiger partial charge in [-0.15, -0.1) is 0 Å². The fourth-order valence-corrected chi connectivity index (χ4v) is 2.40. The fourth-order valence-electron chi connectivity index (χ4n) is 2.21. The lowest BCUT2D eigenvalue weighted by Gasteiger charge is -2.18. The number of rotatable bonds is 7. The Morgan fingerprint density at radius 2 is 2.20 bits per heavy atom. The molecule has 0 spiro atoms. The van der Waals surface area contributed by atoms with Crippen molar-refractivity contribution >= 4 is 11.6 Å². The van der Waals surface area contributed by atoms with Crippen molar-refractivity contribution in [3.05, 3.63) is 52.9 Å². The summed E-state index contributed by atoms with van der Waals surface area (Å²) >= 11 is 6.09. The number of methoxy groups -OCH3 is 1. The first-order valence-electron chi connectivity index (χ1n) is 6.83. The second kappa shape index (κ2) is 7.36. The highest BCUT2D eigenvalue weighted by Gasteiger charge is 2.16. The lowest BCUT2D eigenvalue weighted by atomic mass is 10.0. The van der Waals surface area contributed by atoms with E-state index in [1.807, 2.05) is 30.3 Å². The van der Waals surface area contributed by atoms with Crippen LogP contribution in [0.2, 0.25) is 5.02 Å². The molecule has 0 amide bonds. The van der Waals surface area contributed by atoms with E-state index in [-0.39, 0.29) is 6.04 Å². The standard InChI is InChI=1S/C16H20ClNO2/c1-3-8-18-14(16-5-4-9-20-16)11-12-10-13(17)6-7-15(12)19-2/h4-7,9-10,14,18H,3,8,11H2,1-2H3. The zero-order valence-electron chi connectivity index (χ0n) is 11.9. The number of furan rings is 1. The molecule has 0 saturated heterocycles. The molecule has 1 unspecified atom stereocenters. The van der Waals surface area contributed by atoms with E-state index < -0.39 is 0 Å². The summed E-state index contributed by atoms with van der Waals surface area (Å²) in [5, 5.41) is 4.22. The molecule has 1 N–H and O–H groups in total. The Morgan fingerprint density at radius 1 is 1.35 bits per heavy atom. The minimum absolute atomic E-state index is 0.123. The monoisotopic (exact) mass is 293 g/mol. The van der Waals surface area contributed by atoms with Crippen molar-refractivity contribution in [1.82, 2.24) is 5.32 Å². The van der Waals surface area contributed by atoms with Crippen LogP contribution in [-0.4, -0.2) is 13.7 Å². The third-order valence-corrected chi connectivity index (χ3v) is 3.43. The maximum Gasteiger partial charge on any atom is 0.122 e. The summed E-state index contributed by atoms with van der Waals surface area (Å²) in [6, 6.07) is 9.71. The Morgan fingerprint density at radius 3 is 2.85 bits per heavy atom. The topological polar surface area (TPSA) is 34.4 Å². The van der Waals surface area contributed by atoms with Crippen LogP contribution in [-0.2, 0) is 6.42 Å². The summed E-state index contributed by atoms with van der Waals surface area (Å²) in [4.78, 5) is 0. The molecule has 0 aliphatic heterocycles. The van der Waals surface area contributed by atoms with Gasteiger partial charge in [0.15, 0.2) is 0 Å². The van der Waals surface area contributed by atoms with Gasteiger partial charge in [-0.1, -0.05) is 18.5 Å². The maximum atomic E-state index is 6.09. The van der Waals surface area contributed by atoms with Gasteiger partial charge >= 0.3 is 0 Å². The van der Waals surface area contributed by atoms with Crippen LogP contribution in [0.4, 0.5) is 0 Å². The lowest BCUT2D eigenvalue weighted by Crippen LogP contribution is -2.23. The highest BCUT2D eigenvalue weighted by Crippen LogP contribution is 2.28. The van der Waals surface area contributed by atoms with Crippen LogP contribution >= 0.6 is 11.6 Å². The molecule has 3 nitrogen and oxygen atoms in total. The number of hydrogen-bond acceptors (Lipinski definition) is 3. The van der Waals surface area contributed by atoms with Gasteiger partial charge in [-0.3, -0.25) is 0 Å². The molecule has 4 heteroatoms. The highest BCUT2D eigenvalue weighted by molar-refractivity contribution is 6.30. The molecule has 0 aliphatic rings. The summed E-state index contributed by atoms with van der Waals surface area (Å²) in [6.07, 6.45) is 3.55. The molecule has 108 valence electrons. The van der Waals surface area contributed by atoms with E-state index in [1.165, 1.54) is 0 Å². The maximum absolute atomic E-state index is 6.09. The average Bonchev–Trinajstić information content (AvgIpc) is 2.97. The largest absolute Gasteiger partial charge is 0.496 e. The van der Waals surface area contributed by atoms with Gasteiger partial charge in [-0.2, -0.15) is 0 Å². The average molecular weight is 294 g/mol. The van der Waals surface area contributed by atoms with E-state index in [2.05, 4.69) is 12.2 Å². The molecule has 1 atom stereocenters. The first kappa shape index (κ1) is 14.9. The Labute approximate surface area is 124 Å². The smallest absolute Gasteiger partial charge is 0.122 e. The summed E-state index contributed by atoms with van der Waals surface area (Å²) in [5.41, 5.74) is 1.07. The quantitative estimate of drug-likeness (QED) is 0.830. The van der Waals surface area contributed by atoms with E-state index >= 15 is 0 Å². The summed E-state index contributed by atoms with van der Waals surface area (Å²) in [6.45, 7) is 3.08. The van der Waals surface area contributed by atoms with Crippen LogP contribution in [0.1, 0.15) is 30.7 Å². The fraction of sp³-hybridized carbons (Fsp3) is 0.375. The van der Waals surface area contributed by atoms with Gasteiger partial charge in [0.05, 0.1) is 19.4 Å². The van der Waals surface area contributed by atoms with Crippen molar-refractivity contribution in [2.24, 2.45) is 0 Å². The summed E-state index contributed by atoms with van der Waals surface area (Å²) in [5.74, 6) is 1.78. The molecule has 20 heavy (non-hydrogen) atoms. The van der Waals surface area contributed by atoms with Crippen LogP contribution in [0.25, 0.3) is 0 Å². The third-order valence-electron chi connectivity index (χ3n) is 3.19. The van der Waals surface area contributed by atoms with Gasteiger partial charge in [-0.05, 0) is 55.3 Å². The van der Waals surface area contributed by atoms with Crippen LogP contribution in [0, 0.1) is 0 Å². The molecule has 0 radical (unpaired) electrons. The Bertz CT molecular complexity index is 525. The molecular weight excluding hydrogens is 274 g/mol. The predicted octanol–water partition coefficient (Wildman–Crippen LogP) is 4.23. The van der Waals surface area contributed by atoms with E-state index in [4.69, 9.17) is 20.8 Å². The summed E-state index contributed by atoms with van der Waals surface area (Å²) in [7, 11) is 1.67. The number of benzene rings is 1. The normalized spacial score (nSPS) is 12.3. The van der Waals surface area contributed by atoms with Crippen LogP contribution in [0.3, 0.4) is 0 Å². The molecule has 1 aromatic carbocycles. The molecule has 1 aromatic heterocycles. The molecule has 0 fully saturated rings. The van der Waals surface area contributed by atoms with Crippen molar-refractivity contribution in [2.75, 3.05) is 13.7 Å². The first-order chi connectivity index (χ1) is 9.74. The van der Waals surface area contributed by atoms with Crippen LogP contribution in [0.5, 0.6) is 5.75 Å². The molecule has 2 rings (SSSR count). The molecule has 2 aromatic rings. The number of halogens is 1. The van der Waals surface area contributed by atoms with Crippen LogP contribution in [0.15, 0.2) is 41.0 Å². The SMILES string of the molecule is CCCNC(Cc1cc(Cl)ccc1OC)c1ccco1. The van der Waals surface area contributed by atoms with E-state index in [0.29, 0.717) is 0 Å². The number of hydrogen-bond donors (Lipinski definition) is 1. The Kier molecular flexibility index (Phi) is 5.50. The second-order valence-corrected chi connectivity index (χ2v) is 5.12. The van der Waals surface area contributed by atoms with Crippen molar-refractivity contribution in [3.8, 4) is 5.75 Å². The second-order valence-electron chi connectivity index (χ2n) is 4.68. The van der Waals surface area contributed by atoms with Gasteiger partial charge in [-0.25, -0.2) is 0 Å². The third kappa shape index (κ3) is 3.78. The molecule has 1 heterocycles. The first-order valence-corrected chi connectivity index (χ1v) is 7.21. The number of ether oxygens (including phenoxy) is 1. The van der Waals surface area contributed by atoms with Gasteiger partial charge in [0, 0.05) is 5.02 Å². The van der Waals surface area contributed by atoms with Crippen molar-refractivity contribution in [2.45, 2.75) is 25.8 Å². The Balaban J connectivity index is 2.21. The van der Waals surface area contributed by atoms with Crippen LogP contribution < -0.4 is 10.1 Å². The molecule has 0 saturated carbocycles. The van der Waals surface area contributed by atoms with E-state index in [0.717, 1.165) is 41.5 Å². The minimum Gasteiger partial charge on any atom is -0.496 e. The highest BCUT2D eigenvalue weighted by atomic mass is 35.5. The number of nitrogens with one attached hydrogen (secondary N) is 1. The van der Waals surface area contributed by atoms with Crippen molar-refractivity contribution < 1.29 is 9.15 Å². The van der Waals surface area contributed by atoms with Gasteiger partial charge in [0.25, 0.3) is 0 Å². The van der Waals surface area contributed by atoms with E-state index in [9.17, 15) is 0 Å². The Hall–Kier alpha value is -1.45.